The van der Waals surface area contributed by atoms with Crippen molar-refractivity contribution in [1.29, 1.82) is 0 Å². The monoisotopic (exact) mass is 299 g/mol. The quantitative estimate of drug-likeness (QED) is 0.743. The zero-order valence-corrected chi connectivity index (χ0v) is 12.5. The van der Waals surface area contributed by atoms with Gasteiger partial charge in [0.1, 0.15) is 11.1 Å². The van der Waals surface area contributed by atoms with E-state index in [9.17, 15) is 4.79 Å². The first-order chi connectivity index (χ1) is 10.7. The van der Waals surface area contributed by atoms with Gasteiger partial charge in [0, 0.05) is 32.0 Å². The Morgan fingerprint density at radius 3 is 2.95 bits per heavy atom. The van der Waals surface area contributed by atoms with E-state index in [-0.39, 0.29) is 5.56 Å². The number of anilines is 1. The Morgan fingerprint density at radius 1 is 1.32 bits per heavy atom. The number of H-pyrrole nitrogens is 2. The largest absolute Gasteiger partial charge is 0.383 e. The summed E-state index contributed by atoms with van der Waals surface area (Å²) in [4.78, 5) is 20.9. The van der Waals surface area contributed by atoms with Gasteiger partial charge in [0.05, 0.1) is 12.9 Å². The highest BCUT2D eigenvalue weighted by Gasteiger charge is 2.16. The zero-order chi connectivity index (χ0) is 15.5. The Labute approximate surface area is 127 Å². The van der Waals surface area contributed by atoms with E-state index in [1.165, 1.54) is 6.33 Å². The summed E-state index contributed by atoms with van der Waals surface area (Å²) in [5.41, 5.74) is 2.74. The van der Waals surface area contributed by atoms with E-state index < -0.39 is 0 Å². The van der Waals surface area contributed by atoms with Crippen molar-refractivity contribution in [3.8, 4) is 11.3 Å². The first kappa shape index (κ1) is 14.3. The second kappa shape index (κ2) is 5.98. The van der Waals surface area contributed by atoms with Crippen LogP contribution in [-0.4, -0.2) is 47.5 Å². The van der Waals surface area contributed by atoms with Crippen LogP contribution in [0.3, 0.4) is 0 Å². The van der Waals surface area contributed by atoms with Crippen molar-refractivity contribution < 1.29 is 4.74 Å². The highest BCUT2D eigenvalue weighted by atomic mass is 16.5. The van der Waals surface area contributed by atoms with Crippen molar-refractivity contribution in [2.45, 2.75) is 0 Å². The lowest BCUT2D eigenvalue weighted by Crippen LogP contribution is -2.22. The molecule has 2 heterocycles. The van der Waals surface area contributed by atoms with Crippen LogP contribution >= 0.6 is 0 Å². The van der Waals surface area contributed by atoms with Gasteiger partial charge in [0.15, 0.2) is 5.65 Å². The molecule has 0 atom stereocenters. The number of hydrogen-bond acceptors (Lipinski definition) is 5. The van der Waals surface area contributed by atoms with Gasteiger partial charge in [-0.15, -0.1) is 0 Å². The fourth-order valence-corrected chi connectivity index (χ4v) is 2.42. The van der Waals surface area contributed by atoms with Gasteiger partial charge in [-0.1, -0.05) is 18.2 Å². The smallest absolute Gasteiger partial charge is 0.262 e. The minimum atomic E-state index is -0.205. The lowest BCUT2D eigenvalue weighted by molar-refractivity contribution is 0.206. The van der Waals surface area contributed by atoms with Gasteiger partial charge in [-0.25, -0.2) is 4.98 Å². The van der Waals surface area contributed by atoms with Gasteiger partial charge >= 0.3 is 0 Å². The minimum absolute atomic E-state index is 0.205. The minimum Gasteiger partial charge on any atom is -0.383 e. The van der Waals surface area contributed by atoms with E-state index >= 15 is 0 Å². The molecule has 1 aromatic carbocycles. The number of aromatic amines is 2. The normalized spacial score (nSPS) is 11.0. The summed E-state index contributed by atoms with van der Waals surface area (Å²) < 4.78 is 5.13. The standard InChI is InChI=1S/C15H17N5O2/c1-20(7-8-22-2)11-6-4-3-5-10(11)13-12-14(19-18-13)16-9-17-15(12)21/h3-6,9H,7-8H2,1-2H3,(H2,16,17,18,19,21). The van der Waals surface area contributed by atoms with E-state index in [4.69, 9.17) is 4.74 Å². The van der Waals surface area contributed by atoms with Crippen molar-refractivity contribution in [3.05, 3.63) is 40.9 Å². The Kier molecular flexibility index (Phi) is 3.88. The SMILES string of the molecule is COCCN(C)c1ccccc1-c1n[nH]c2nc[nH]c(=O)c12. The molecule has 0 saturated carbocycles. The number of ether oxygens (including phenoxy) is 1. The van der Waals surface area contributed by atoms with E-state index in [1.807, 2.05) is 31.3 Å². The Balaban J connectivity index is 2.13. The van der Waals surface area contributed by atoms with Crippen LogP contribution in [0.4, 0.5) is 5.69 Å². The van der Waals surface area contributed by atoms with E-state index in [0.29, 0.717) is 23.3 Å². The van der Waals surface area contributed by atoms with Crippen molar-refractivity contribution in [3.63, 3.8) is 0 Å². The number of methoxy groups -OCH3 is 1. The van der Waals surface area contributed by atoms with Gasteiger partial charge in [-0.2, -0.15) is 5.10 Å². The van der Waals surface area contributed by atoms with Gasteiger partial charge in [-0.05, 0) is 6.07 Å². The predicted octanol–water partition coefficient (Wildman–Crippen LogP) is 1.40. The maximum absolute atomic E-state index is 12.1. The number of benzene rings is 1. The topological polar surface area (TPSA) is 86.9 Å². The third-order valence-electron chi connectivity index (χ3n) is 3.56. The molecule has 114 valence electrons. The molecule has 0 radical (unpaired) electrons. The van der Waals surface area contributed by atoms with Gasteiger partial charge in [0.2, 0.25) is 0 Å². The molecule has 0 saturated heterocycles. The molecular weight excluding hydrogens is 282 g/mol. The van der Waals surface area contributed by atoms with Crippen LogP contribution in [0.5, 0.6) is 0 Å². The van der Waals surface area contributed by atoms with Crippen molar-refractivity contribution in [2.24, 2.45) is 0 Å². The molecule has 3 aromatic rings. The number of rotatable bonds is 5. The van der Waals surface area contributed by atoms with Gasteiger partial charge < -0.3 is 14.6 Å². The molecule has 7 heteroatoms. The summed E-state index contributed by atoms with van der Waals surface area (Å²) in [6.07, 6.45) is 1.36. The van der Waals surface area contributed by atoms with Crippen LogP contribution in [0.2, 0.25) is 0 Å². The number of likely N-dealkylation sites (N-methyl/N-ethyl adjacent to an activating group) is 1. The predicted molar refractivity (Wildman–Crippen MR) is 85.1 cm³/mol. The van der Waals surface area contributed by atoms with Crippen molar-refractivity contribution in [1.82, 2.24) is 20.2 Å². The number of aromatic nitrogens is 4. The van der Waals surface area contributed by atoms with E-state index in [2.05, 4.69) is 25.1 Å². The summed E-state index contributed by atoms with van der Waals surface area (Å²) in [6, 6.07) is 7.82. The molecule has 2 N–H and O–H groups in total. The van der Waals surface area contributed by atoms with E-state index in [1.54, 1.807) is 7.11 Å². The fraction of sp³-hybridized carbons (Fsp3) is 0.267. The molecule has 3 rings (SSSR count). The molecule has 0 amide bonds. The summed E-state index contributed by atoms with van der Waals surface area (Å²) in [6.45, 7) is 1.36. The second-order valence-electron chi connectivity index (χ2n) is 4.96. The number of para-hydroxylation sites is 1. The third kappa shape index (κ3) is 2.46. The first-order valence-electron chi connectivity index (χ1n) is 6.93. The number of nitrogens with zero attached hydrogens (tertiary/aromatic N) is 3. The molecule has 0 aliphatic rings. The third-order valence-corrected chi connectivity index (χ3v) is 3.56. The summed E-state index contributed by atoms with van der Waals surface area (Å²) in [7, 11) is 3.65. The second-order valence-corrected chi connectivity index (χ2v) is 4.96. The highest BCUT2D eigenvalue weighted by Crippen LogP contribution is 2.31. The molecule has 0 fully saturated rings. The van der Waals surface area contributed by atoms with Crippen LogP contribution in [0.15, 0.2) is 35.4 Å². The highest BCUT2D eigenvalue weighted by molar-refractivity contribution is 5.94. The first-order valence-corrected chi connectivity index (χ1v) is 6.93. The molecule has 0 bridgehead atoms. The Morgan fingerprint density at radius 2 is 2.14 bits per heavy atom. The molecule has 0 aliphatic carbocycles. The fourth-order valence-electron chi connectivity index (χ4n) is 2.42. The van der Waals surface area contributed by atoms with Gasteiger partial charge in [0.25, 0.3) is 5.56 Å². The molecule has 0 aliphatic heterocycles. The summed E-state index contributed by atoms with van der Waals surface area (Å²) in [5.74, 6) is 0. The van der Waals surface area contributed by atoms with Crippen LogP contribution in [-0.2, 0) is 4.74 Å². The molecule has 7 nitrogen and oxygen atoms in total. The summed E-state index contributed by atoms with van der Waals surface area (Å²) in [5, 5.41) is 7.56. The number of nitrogens with one attached hydrogen (secondary N) is 2. The summed E-state index contributed by atoms with van der Waals surface area (Å²) >= 11 is 0. The number of fused-ring (bicyclic) bond motifs is 1. The van der Waals surface area contributed by atoms with E-state index in [0.717, 1.165) is 17.8 Å². The van der Waals surface area contributed by atoms with Crippen molar-refractivity contribution >= 4 is 16.7 Å². The Bertz CT molecular complexity index is 839. The zero-order valence-electron chi connectivity index (χ0n) is 12.5. The van der Waals surface area contributed by atoms with Crippen LogP contribution in [0.25, 0.3) is 22.3 Å². The molecule has 0 spiro atoms. The molecular formula is C15H17N5O2. The lowest BCUT2D eigenvalue weighted by Gasteiger charge is -2.21. The Hall–Kier alpha value is -2.67. The van der Waals surface area contributed by atoms with Crippen molar-refractivity contribution in [2.75, 3.05) is 32.2 Å². The van der Waals surface area contributed by atoms with Crippen LogP contribution < -0.4 is 10.5 Å². The molecule has 2 aromatic heterocycles. The van der Waals surface area contributed by atoms with Crippen LogP contribution in [0, 0.1) is 0 Å². The maximum atomic E-state index is 12.1. The molecule has 22 heavy (non-hydrogen) atoms. The molecule has 0 unspecified atom stereocenters. The maximum Gasteiger partial charge on any atom is 0.262 e. The van der Waals surface area contributed by atoms with Crippen LogP contribution in [0.1, 0.15) is 0 Å². The lowest BCUT2D eigenvalue weighted by atomic mass is 10.1. The van der Waals surface area contributed by atoms with Gasteiger partial charge in [-0.3, -0.25) is 9.89 Å². The average Bonchev–Trinajstić information content (AvgIpc) is 2.98. The number of hydrogen-bond donors (Lipinski definition) is 2. The average molecular weight is 299 g/mol.